The summed E-state index contributed by atoms with van der Waals surface area (Å²) in [5.74, 6) is 0. The van der Waals surface area contributed by atoms with Gasteiger partial charge in [0.25, 0.3) is 0 Å². The molecule has 2 nitrogen and oxygen atoms in total. The maximum absolute atomic E-state index is 5.88. The summed E-state index contributed by atoms with van der Waals surface area (Å²) >= 11 is 0. The molecule has 0 bridgehead atoms. The van der Waals surface area contributed by atoms with Crippen LogP contribution < -0.4 is 11.5 Å². The summed E-state index contributed by atoms with van der Waals surface area (Å²) in [7, 11) is 0. The number of anilines is 2. The molecule has 0 aromatic heterocycles. The third kappa shape index (κ3) is 1.68. The highest BCUT2D eigenvalue weighted by Crippen LogP contribution is 2.31. The van der Waals surface area contributed by atoms with Crippen molar-refractivity contribution in [2.75, 3.05) is 11.5 Å². The Balaban J connectivity index is 2.28. The average Bonchev–Trinajstić information content (AvgIpc) is 2.41. The Labute approximate surface area is 106 Å². The van der Waals surface area contributed by atoms with Gasteiger partial charge in [-0.25, -0.2) is 0 Å². The predicted molar refractivity (Wildman–Crippen MR) is 78.2 cm³/mol. The van der Waals surface area contributed by atoms with Crippen LogP contribution >= 0.6 is 0 Å². The highest BCUT2D eigenvalue weighted by molar-refractivity contribution is 5.97. The van der Waals surface area contributed by atoms with E-state index >= 15 is 0 Å². The van der Waals surface area contributed by atoms with Gasteiger partial charge in [0.1, 0.15) is 0 Å². The van der Waals surface area contributed by atoms with Crippen molar-refractivity contribution in [3.8, 4) is 11.1 Å². The van der Waals surface area contributed by atoms with Crippen LogP contribution in [0.25, 0.3) is 21.9 Å². The highest BCUT2D eigenvalue weighted by atomic mass is 14.7. The van der Waals surface area contributed by atoms with Crippen molar-refractivity contribution in [1.82, 2.24) is 0 Å². The van der Waals surface area contributed by atoms with Crippen molar-refractivity contribution >= 4 is 22.1 Å². The predicted octanol–water partition coefficient (Wildman–Crippen LogP) is 3.67. The molecule has 88 valence electrons. The van der Waals surface area contributed by atoms with E-state index in [1.165, 1.54) is 16.3 Å². The lowest BCUT2D eigenvalue weighted by Crippen LogP contribution is -1.94. The molecular weight excluding hydrogens is 220 g/mol. The Morgan fingerprint density at radius 3 is 2.28 bits per heavy atom. The minimum Gasteiger partial charge on any atom is -0.397 e. The van der Waals surface area contributed by atoms with Gasteiger partial charge in [-0.05, 0) is 34.0 Å². The summed E-state index contributed by atoms with van der Waals surface area (Å²) in [5, 5.41) is 2.45. The van der Waals surface area contributed by atoms with E-state index in [9.17, 15) is 0 Å². The van der Waals surface area contributed by atoms with Crippen LogP contribution in [0.3, 0.4) is 0 Å². The summed E-state index contributed by atoms with van der Waals surface area (Å²) in [6.45, 7) is 0. The zero-order chi connectivity index (χ0) is 12.5. The third-order valence-electron chi connectivity index (χ3n) is 3.19. The minimum absolute atomic E-state index is 0.624. The number of nitrogen functional groups attached to an aromatic ring is 2. The van der Waals surface area contributed by atoms with Crippen molar-refractivity contribution in [3.05, 3.63) is 60.7 Å². The molecular formula is C16H14N2. The monoisotopic (exact) mass is 234 g/mol. The Kier molecular flexibility index (Phi) is 2.41. The lowest BCUT2D eigenvalue weighted by molar-refractivity contribution is 1.63. The Morgan fingerprint density at radius 2 is 1.44 bits per heavy atom. The molecule has 0 spiro atoms. The van der Waals surface area contributed by atoms with Gasteiger partial charge < -0.3 is 11.5 Å². The summed E-state index contributed by atoms with van der Waals surface area (Å²) in [6, 6.07) is 20.4. The average molecular weight is 234 g/mol. The number of hydrogen-bond acceptors (Lipinski definition) is 2. The van der Waals surface area contributed by atoms with Crippen LogP contribution in [0, 0.1) is 0 Å². The minimum atomic E-state index is 0.624. The van der Waals surface area contributed by atoms with E-state index in [0.29, 0.717) is 11.4 Å². The maximum atomic E-state index is 5.88. The van der Waals surface area contributed by atoms with E-state index in [1.54, 1.807) is 0 Å². The van der Waals surface area contributed by atoms with Gasteiger partial charge in [0, 0.05) is 0 Å². The zero-order valence-corrected chi connectivity index (χ0v) is 9.93. The standard InChI is InChI=1S/C16H14N2/c17-15-9-8-12(10-16(15)18)14-7-3-5-11-4-1-2-6-13(11)14/h1-10H,17-18H2. The summed E-state index contributed by atoms with van der Waals surface area (Å²) in [4.78, 5) is 0. The van der Waals surface area contributed by atoms with Crippen LogP contribution in [0.2, 0.25) is 0 Å². The topological polar surface area (TPSA) is 52.0 Å². The van der Waals surface area contributed by atoms with Crippen LogP contribution in [0.5, 0.6) is 0 Å². The Morgan fingerprint density at radius 1 is 0.667 bits per heavy atom. The van der Waals surface area contributed by atoms with Gasteiger partial charge in [-0.3, -0.25) is 0 Å². The number of rotatable bonds is 1. The number of nitrogens with two attached hydrogens (primary N) is 2. The van der Waals surface area contributed by atoms with Gasteiger partial charge in [-0.2, -0.15) is 0 Å². The van der Waals surface area contributed by atoms with Crippen LogP contribution in [0.1, 0.15) is 0 Å². The first-order valence-electron chi connectivity index (χ1n) is 5.89. The molecule has 0 saturated carbocycles. The fourth-order valence-corrected chi connectivity index (χ4v) is 2.22. The highest BCUT2D eigenvalue weighted by Gasteiger charge is 2.04. The summed E-state index contributed by atoms with van der Waals surface area (Å²) in [6.07, 6.45) is 0. The van der Waals surface area contributed by atoms with Crippen molar-refractivity contribution in [1.29, 1.82) is 0 Å². The maximum Gasteiger partial charge on any atom is 0.0554 e. The molecule has 0 fully saturated rings. The first kappa shape index (κ1) is 10.7. The van der Waals surface area contributed by atoms with Gasteiger partial charge in [0.15, 0.2) is 0 Å². The lowest BCUT2D eigenvalue weighted by atomic mass is 9.98. The van der Waals surface area contributed by atoms with E-state index in [0.717, 1.165) is 5.56 Å². The van der Waals surface area contributed by atoms with E-state index in [1.807, 2.05) is 30.3 Å². The SMILES string of the molecule is Nc1ccc(-c2cccc3ccccc23)cc1N. The van der Waals surface area contributed by atoms with Gasteiger partial charge >= 0.3 is 0 Å². The van der Waals surface area contributed by atoms with Crippen molar-refractivity contribution in [3.63, 3.8) is 0 Å². The molecule has 0 aliphatic rings. The van der Waals surface area contributed by atoms with Crippen LogP contribution in [0.15, 0.2) is 60.7 Å². The quantitative estimate of drug-likeness (QED) is 0.631. The van der Waals surface area contributed by atoms with Gasteiger partial charge in [-0.1, -0.05) is 48.5 Å². The molecule has 0 saturated heterocycles. The first-order chi connectivity index (χ1) is 8.75. The molecule has 0 unspecified atom stereocenters. The van der Waals surface area contributed by atoms with E-state index in [2.05, 4.69) is 30.3 Å². The Hall–Kier alpha value is -2.48. The van der Waals surface area contributed by atoms with Crippen molar-refractivity contribution in [2.45, 2.75) is 0 Å². The summed E-state index contributed by atoms with van der Waals surface area (Å²) < 4.78 is 0. The molecule has 2 heteroatoms. The largest absolute Gasteiger partial charge is 0.397 e. The summed E-state index contributed by atoms with van der Waals surface area (Å²) in [5.41, 5.74) is 15.2. The second kappa shape index (κ2) is 4.08. The second-order valence-corrected chi connectivity index (χ2v) is 4.37. The van der Waals surface area contributed by atoms with Crippen LogP contribution in [0.4, 0.5) is 11.4 Å². The van der Waals surface area contributed by atoms with E-state index < -0.39 is 0 Å². The molecule has 3 aromatic rings. The molecule has 0 amide bonds. The third-order valence-corrected chi connectivity index (χ3v) is 3.19. The fourth-order valence-electron chi connectivity index (χ4n) is 2.22. The van der Waals surface area contributed by atoms with Gasteiger partial charge in [0.2, 0.25) is 0 Å². The molecule has 0 radical (unpaired) electrons. The lowest BCUT2D eigenvalue weighted by Gasteiger charge is -2.08. The molecule has 0 aliphatic carbocycles. The van der Waals surface area contributed by atoms with Crippen molar-refractivity contribution in [2.24, 2.45) is 0 Å². The molecule has 3 rings (SSSR count). The molecule has 18 heavy (non-hydrogen) atoms. The number of hydrogen-bond donors (Lipinski definition) is 2. The zero-order valence-electron chi connectivity index (χ0n) is 9.93. The van der Waals surface area contributed by atoms with E-state index in [-0.39, 0.29) is 0 Å². The van der Waals surface area contributed by atoms with Gasteiger partial charge in [-0.15, -0.1) is 0 Å². The van der Waals surface area contributed by atoms with Gasteiger partial charge in [0.05, 0.1) is 11.4 Å². The second-order valence-electron chi connectivity index (χ2n) is 4.37. The van der Waals surface area contributed by atoms with Crippen LogP contribution in [-0.2, 0) is 0 Å². The molecule has 3 aromatic carbocycles. The van der Waals surface area contributed by atoms with Crippen LogP contribution in [-0.4, -0.2) is 0 Å². The molecule has 0 aliphatic heterocycles. The first-order valence-corrected chi connectivity index (χ1v) is 5.89. The number of fused-ring (bicyclic) bond motifs is 1. The molecule has 0 heterocycles. The number of benzene rings is 3. The fraction of sp³-hybridized carbons (Fsp3) is 0. The van der Waals surface area contributed by atoms with E-state index in [4.69, 9.17) is 11.5 Å². The van der Waals surface area contributed by atoms with Crippen molar-refractivity contribution < 1.29 is 0 Å². The Bertz CT molecular complexity index is 712. The molecule has 0 atom stereocenters. The normalized spacial score (nSPS) is 10.7. The molecule has 4 N–H and O–H groups in total. The smallest absolute Gasteiger partial charge is 0.0554 e.